The van der Waals surface area contributed by atoms with Gasteiger partial charge in [-0.3, -0.25) is 0 Å². The summed E-state index contributed by atoms with van der Waals surface area (Å²) in [6.45, 7) is 10.2. The van der Waals surface area contributed by atoms with Crippen molar-refractivity contribution < 1.29 is 0 Å². The number of rotatable bonds is 4. The van der Waals surface area contributed by atoms with Crippen LogP contribution in [0.3, 0.4) is 0 Å². The van der Waals surface area contributed by atoms with Crippen molar-refractivity contribution in [3.8, 4) is 44.5 Å². The zero-order chi connectivity index (χ0) is 56.3. The molecule has 19 rings (SSSR count). The lowest BCUT2D eigenvalue weighted by atomic mass is 9.61. The second kappa shape index (κ2) is 16.7. The minimum Gasteiger partial charge on any atom is -0.334 e. The van der Waals surface area contributed by atoms with Crippen molar-refractivity contribution in [1.29, 1.82) is 0 Å². The zero-order valence-corrected chi connectivity index (χ0v) is 49.0. The third-order valence-electron chi connectivity index (χ3n) is 23.7. The Morgan fingerprint density at radius 2 is 0.765 bits per heavy atom. The van der Waals surface area contributed by atoms with Crippen molar-refractivity contribution in [2.75, 3.05) is 9.80 Å². The highest BCUT2D eigenvalue weighted by molar-refractivity contribution is 6.27. The predicted octanol–water partition coefficient (Wildman–Crippen LogP) is 22.1. The Balaban J connectivity index is 0.864. The van der Waals surface area contributed by atoms with Crippen molar-refractivity contribution in [2.45, 2.75) is 106 Å². The number of fused-ring (bicyclic) bond motifs is 21. The van der Waals surface area contributed by atoms with Crippen LogP contribution in [0.5, 0.6) is 0 Å². The van der Waals surface area contributed by atoms with E-state index in [0.29, 0.717) is 0 Å². The minimum absolute atomic E-state index is 0.0325. The summed E-state index contributed by atoms with van der Waals surface area (Å²) in [5, 5.41) is 13.3. The molecule has 13 aromatic rings. The summed E-state index contributed by atoms with van der Waals surface area (Å²) >= 11 is 0. The van der Waals surface area contributed by atoms with E-state index in [1.807, 2.05) is 0 Å². The molecule has 2 fully saturated rings. The summed E-state index contributed by atoms with van der Waals surface area (Å²) in [6.07, 6.45) is 9.77. The van der Waals surface area contributed by atoms with Crippen molar-refractivity contribution in [3.05, 3.63) is 264 Å². The molecular formula is C83H66N2. The number of para-hydroxylation sites is 2. The number of anilines is 4. The smallest absolute Gasteiger partial charge is 0.0726 e. The normalized spacial score (nSPS) is 24.0. The van der Waals surface area contributed by atoms with Crippen LogP contribution >= 0.6 is 0 Å². The molecule has 408 valence electrons. The first kappa shape index (κ1) is 48.4. The maximum absolute atomic E-state index is 2.76. The monoisotopic (exact) mass is 1090 g/mol. The second-order valence-electron chi connectivity index (χ2n) is 27.2. The maximum atomic E-state index is 2.76. The molecule has 2 heteroatoms. The molecule has 13 aromatic carbocycles. The average molecular weight is 1090 g/mol. The fraction of sp³-hybridized carbons (Fsp3) is 0.205. The van der Waals surface area contributed by atoms with Crippen LogP contribution in [0.4, 0.5) is 22.7 Å². The first-order chi connectivity index (χ1) is 41.6. The molecule has 6 aliphatic rings. The molecule has 0 aromatic heterocycles. The highest BCUT2D eigenvalue weighted by atomic mass is 15.3. The van der Waals surface area contributed by atoms with Crippen molar-refractivity contribution >= 4 is 76.6 Å². The van der Waals surface area contributed by atoms with Gasteiger partial charge in [0, 0.05) is 33.0 Å². The van der Waals surface area contributed by atoms with Gasteiger partial charge in [0.1, 0.15) is 0 Å². The number of hydrogen-bond donors (Lipinski definition) is 0. The molecule has 4 aliphatic carbocycles. The van der Waals surface area contributed by atoms with Crippen molar-refractivity contribution in [1.82, 2.24) is 0 Å². The van der Waals surface area contributed by atoms with Gasteiger partial charge in [0.2, 0.25) is 0 Å². The van der Waals surface area contributed by atoms with E-state index in [4.69, 9.17) is 0 Å². The Labute approximate surface area is 498 Å². The summed E-state index contributed by atoms with van der Waals surface area (Å²) < 4.78 is 0. The molecular weight excluding hydrogens is 1020 g/mol. The van der Waals surface area contributed by atoms with E-state index in [2.05, 4.69) is 268 Å². The Morgan fingerprint density at radius 1 is 0.294 bits per heavy atom. The lowest BCUT2D eigenvalue weighted by Crippen LogP contribution is -2.54. The van der Waals surface area contributed by atoms with Crippen LogP contribution in [0.15, 0.2) is 231 Å². The molecule has 4 atom stereocenters. The summed E-state index contributed by atoms with van der Waals surface area (Å²) in [6, 6.07) is 90.5. The zero-order valence-electron chi connectivity index (χ0n) is 49.0. The fourth-order valence-corrected chi connectivity index (χ4v) is 19.4. The van der Waals surface area contributed by atoms with Gasteiger partial charge in [-0.25, -0.2) is 0 Å². The number of benzene rings is 13. The molecule has 2 saturated carbocycles. The highest BCUT2D eigenvalue weighted by Crippen LogP contribution is 2.68. The topological polar surface area (TPSA) is 6.48 Å². The second-order valence-corrected chi connectivity index (χ2v) is 27.2. The van der Waals surface area contributed by atoms with Gasteiger partial charge in [-0.2, -0.15) is 0 Å². The Kier molecular flexibility index (Phi) is 9.49. The molecule has 4 unspecified atom stereocenters. The Bertz CT molecular complexity index is 4820. The first-order valence-electron chi connectivity index (χ1n) is 31.6. The molecule has 2 heterocycles. The van der Waals surface area contributed by atoms with Crippen LogP contribution in [-0.4, -0.2) is 11.1 Å². The van der Waals surface area contributed by atoms with E-state index < -0.39 is 5.41 Å². The van der Waals surface area contributed by atoms with Gasteiger partial charge in [-0.05, 0) is 203 Å². The van der Waals surface area contributed by atoms with E-state index in [-0.39, 0.29) is 21.9 Å². The molecule has 1 spiro atoms. The number of nitrogens with zero attached hydrogens (tertiary/aromatic N) is 2. The molecule has 2 aliphatic heterocycles. The van der Waals surface area contributed by atoms with Gasteiger partial charge >= 0.3 is 0 Å². The van der Waals surface area contributed by atoms with Gasteiger partial charge in [0.15, 0.2) is 0 Å². The van der Waals surface area contributed by atoms with Crippen LogP contribution in [0.1, 0.15) is 112 Å². The molecule has 0 N–H and O–H groups in total. The molecule has 0 radical (unpaired) electrons. The van der Waals surface area contributed by atoms with Crippen molar-refractivity contribution in [3.63, 3.8) is 0 Å². The maximum Gasteiger partial charge on any atom is 0.0726 e. The van der Waals surface area contributed by atoms with Crippen LogP contribution in [0, 0.1) is 0 Å². The summed E-state index contributed by atoms with van der Waals surface area (Å²) in [7, 11) is 0. The Hall–Kier alpha value is -8.98. The lowest BCUT2D eigenvalue weighted by Gasteiger charge is -2.50. The van der Waals surface area contributed by atoms with E-state index in [1.54, 1.807) is 0 Å². The van der Waals surface area contributed by atoms with Gasteiger partial charge in [0.25, 0.3) is 0 Å². The van der Waals surface area contributed by atoms with Gasteiger partial charge in [-0.15, -0.1) is 0 Å². The van der Waals surface area contributed by atoms with Gasteiger partial charge < -0.3 is 9.80 Å². The first-order valence-corrected chi connectivity index (χ1v) is 31.6. The molecule has 0 bridgehead atoms. The minimum atomic E-state index is -0.614. The third-order valence-corrected chi connectivity index (χ3v) is 23.7. The fourth-order valence-electron chi connectivity index (χ4n) is 19.4. The predicted molar refractivity (Wildman–Crippen MR) is 358 cm³/mol. The number of hydrogen-bond acceptors (Lipinski definition) is 2. The van der Waals surface area contributed by atoms with Crippen LogP contribution in [-0.2, 0) is 16.2 Å². The van der Waals surface area contributed by atoms with Gasteiger partial charge in [-0.1, -0.05) is 228 Å². The third kappa shape index (κ3) is 5.83. The quantitative estimate of drug-likeness (QED) is 0.162. The summed E-state index contributed by atoms with van der Waals surface area (Å²) in [5.41, 5.74) is 23.6. The van der Waals surface area contributed by atoms with Crippen LogP contribution in [0.25, 0.3) is 98.4 Å². The van der Waals surface area contributed by atoms with Crippen LogP contribution < -0.4 is 9.80 Å². The standard InChI is InChI=1S/C83H66N2/c1-79-44-13-15-46-81(79,3)84(56-22-7-5-8-23-56)77-64-29-18-27-58(60(64)40-42-69(77)79)53-35-37-62-63-38-36-54(59-28-19-30-65-61(59)41-43-70-78(65)85(57-24-9-6-10-25-57)82(4)47-16-14-45-80(70,82)2)49-72(63)83(71(62)48-53)68-31-12-11-26-66(68)76-67-39-34-52-21-17-20-51-32-33-55(50-73(76)83)75(67)74(51)52/h5-12,17-43,48-50H,13-16,44-47H2,1-4H3. The van der Waals surface area contributed by atoms with Crippen molar-refractivity contribution in [2.24, 2.45) is 0 Å². The lowest BCUT2D eigenvalue weighted by molar-refractivity contribution is 0.195. The summed E-state index contributed by atoms with van der Waals surface area (Å²) in [4.78, 5) is 5.53. The van der Waals surface area contributed by atoms with E-state index in [0.717, 1.165) is 0 Å². The van der Waals surface area contributed by atoms with E-state index >= 15 is 0 Å². The molecule has 0 amide bonds. The van der Waals surface area contributed by atoms with Gasteiger partial charge in [0.05, 0.1) is 27.9 Å². The average Bonchev–Trinajstić information content (AvgIpc) is 1.54. The molecule has 85 heavy (non-hydrogen) atoms. The van der Waals surface area contributed by atoms with E-state index in [1.165, 1.54) is 206 Å². The SMILES string of the molecule is CC12CCCCC1(C)N(c1ccccc1)c1c2ccc2c(-c3ccc4c(c3)C3(c5cc(-c6cccc7c8c(ccc67)C6(C)CCCCC6(C)N8c6ccccc6)ccc5-4)c4ccccc4-c4c3cc3ccc5cccc6ccc4c3c56)cccc12. The summed E-state index contributed by atoms with van der Waals surface area (Å²) in [5.74, 6) is 0. The highest BCUT2D eigenvalue weighted by Gasteiger charge is 2.60. The Morgan fingerprint density at radius 3 is 1.33 bits per heavy atom. The van der Waals surface area contributed by atoms with Crippen LogP contribution in [0.2, 0.25) is 0 Å². The molecule has 0 saturated heterocycles. The largest absolute Gasteiger partial charge is 0.334 e. The van der Waals surface area contributed by atoms with E-state index in [9.17, 15) is 0 Å². The molecule has 2 nitrogen and oxygen atoms in total.